The normalized spacial score (nSPS) is 24.6. The van der Waals surface area contributed by atoms with E-state index < -0.39 is 29.2 Å². The molecule has 12 heteroatoms. The third kappa shape index (κ3) is 5.62. The molecule has 2 fully saturated rings. The standard InChI is InChI=1S/C31H47N5O5Si2/c1-29(2,3)42(10,11)40-24-23-21(17-38-43(41-23,30(4,5)6)31(7,8)9)39-28(24)36-19-34-22-25(32-18-33-26(22)36)35-27(37)20-15-13-12-14-16-20/h12-16,18-19,21,23-24,28H,17H2,1-11H3,(H,32,33,35,37)/t21-,23-,24-,28-/m1/s1. The van der Waals surface area contributed by atoms with E-state index in [4.69, 9.17) is 18.0 Å². The molecule has 3 aromatic rings. The third-order valence-electron chi connectivity index (χ3n) is 9.15. The molecule has 0 spiro atoms. The van der Waals surface area contributed by atoms with Gasteiger partial charge in [0.1, 0.15) is 24.6 Å². The number of aromatic nitrogens is 4. The number of ether oxygens (including phenoxy) is 1. The minimum absolute atomic E-state index is 0.0303. The lowest BCUT2D eigenvalue weighted by atomic mass is 10.1. The molecule has 0 saturated carbocycles. The topological polar surface area (TPSA) is 110 Å². The van der Waals surface area contributed by atoms with Crippen molar-refractivity contribution < 1.29 is 22.8 Å². The van der Waals surface area contributed by atoms with E-state index in [2.05, 4.69) is 95.7 Å². The summed E-state index contributed by atoms with van der Waals surface area (Å²) in [6.45, 7) is 24.9. The molecule has 234 valence electrons. The van der Waals surface area contributed by atoms with Crippen LogP contribution in [0.5, 0.6) is 0 Å². The Bertz CT molecular complexity index is 1460. The van der Waals surface area contributed by atoms with Crippen LogP contribution in [0.15, 0.2) is 43.0 Å². The van der Waals surface area contributed by atoms with Crippen molar-refractivity contribution in [2.45, 2.75) is 115 Å². The highest BCUT2D eigenvalue weighted by molar-refractivity contribution is 6.74. The van der Waals surface area contributed by atoms with E-state index in [1.54, 1.807) is 18.5 Å². The molecule has 2 saturated heterocycles. The van der Waals surface area contributed by atoms with Gasteiger partial charge in [-0.2, -0.15) is 0 Å². The lowest BCUT2D eigenvalue weighted by Crippen LogP contribution is -2.66. The number of anilines is 1. The summed E-state index contributed by atoms with van der Waals surface area (Å²) in [5.41, 5.74) is 1.55. The monoisotopic (exact) mass is 625 g/mol. The Kier molecular flexibility index (Phi) is 8.05. The molecular weight excluding hydrogens is 579 g/mol. The van der Waals surface area contributed by atoms with E-state index in [0.717, 1.165) is 0 Å². The molecule has 0 aliphatic carbocycles. The number of imidazole rings is 1. The first-order chi connectivity index (χ1) is 19.9. The average molecular weight is 626 g/mol. The number of amides is 1. The molecular formula is C31H47N5O5Si2. The van der Waals surface area contributed by atoms with Crippen molar-refractivity contribution in [2.75, 3.05) is 11.9 Å². The van der Waals surface area contributed by atoms with Crippen molar-refractivity contribution in [2.24, 2.45) is 0 Å². The number of benzene rings is 1. The number of nitrogens with zero attached hydrogens (tertiary/aromatic N) is 4. The van der Waals surface area contributed by atoms with E-state index in [1.165, 1.54) is 6.33 Å². The number of nitrogens with one attached hydrogen (secondary N) is 1. The molecule has 0 radical (unpaired) electrons. The van der Waals surface area contributed by atoms with Gasteiger partial charge in [-0.3, -0.25) is 9.36 Å². The SMILES string of the molecule is CC(C)(C)[Si](C)(C)O[C@@H]1[C@@H]2O[Si](C(C)(C)C)(C(C)(C)C)OC[C@H]2O[C@H]1n1cnc2c(NC(=O)c3ccccc3)ncnc21. The van der Waals surface area contributed by atoms with Crippen LogP contribution in [0.1, 0.15) is 78.9 Å². The number of hydrogen-bond donors (Lipinski definition) is 1. The average Bonchev–Trinajstić information content (AvgIpc) is 3.48. The molecule has 10 nitrogen and oxygen atoms in total. The highest BCUT2D eigenvalue weighted by Gasteiger charge is 2.66. The molecule has 0 unspecified atom stereocenters. The van der Waals surface area contributed by atoms with Crippen LogP contribution >= 0.6 is 0 Å². The predicted octanol–water partition coefficient (Wildman–Crippen LogP) is 6.82. The van der Waals surface area contributed by atoms with Crippen LogP contribution in [-0.4, -0.2) is 67.2 Å². The predicted molar refractivity (Wildman–Crippen MR) is 172 cm³/mol. The third-order valence-corrected chi connectivity index (χ3v) is 18.8. The van der Waals surface area contributed by atoms with Crippen molar-refractivity contribution in [3.63, 3.8) is 0 Å². The van der Waals surface area contributed by atoms with Crippen molar-refractivity contribution >= 4 is 39.8 Å². The van der Waals surface area contributed by atoms with Crippen LogP contribution in [0, 0.1) is 0 Å². The molecule has 2 aliphatic heterocycles. The van der Waals surface area contributed by atoms with Gasteiger partial charge in [0, 0.05) is 15.6 Å². The second-order valence-electron chi connectivity index (χ2n) is 15.3. The van der Waals surface area contributed by atoms with Gasteiger partial charge in [0.2, 0.25) is 0 Å². The van der Waals surface area contributed by atoms with Crippen LogP contribution in [-0.2, 0) is 18.0 Å². The fraction of sp³-hybridized carbons (Fsp3) is 0.613. The van der Waals surface area contributed by atoms with Gasteiger partial charge in [-0.05, 0) is 30.3 Å². The molecule has 4 atom stereocenters. The smallest absolute Gasteiger partial charge is 0.349 e. The first-order valence-electron chi connectivity index (χ1n) is 15.1. The molecule has 1 amide bonds. The Balaban J connectivity index is 1.55. The number of carbonyl (C=O) groups excluding carboxylic acids is 1. The maximum atomic E-state index is 12.9. The summed E-state index contributed by atoms with van der Waals surface area (Å²) >= 11 is 0. The quantitative estimate of drug-likeness (QED) is 0.308. The molecule has 4 heterocycles. The Hall–Kier alpha value is -2.49. The first kappa shape index (κ1) is 31.9. The fourth-order valence-corrected chi connectivity index (χ4v) is 12.3. The Morgan fingerprint density at radius 3 is 2.26 bits per heavy atom. The van der Waals surface area contributed by atoms with Gasteiger partial charge in [0.25, 0.3) is 5.91 Å². The van der Waals surface area contributed by atoms with E-state index in [0.29, 0.717) is 29.2 Å². The fourth-order valence-electron chi connectivity index (χ4n) is 6.09. The van der Waals surface area contributed by atoms with E-state index in [9.17, 15) is 4.79 Å². The highest BCUT2D eigenvalue weighted by Crippen LogP contribution is 2.56. The number of fused-ring (bicyclic) bond motifs is 2. The van der Waals surface area contributed by atoms with Crippen LogP contribution < -0.4 is 5.32 Å². The van der Waals surface area contributed by atoms with Crippen LogP contribution in [0.25, 0.3) is 11.2 Å². The van der Waals surface area contributed by atoms with Crippen molar-refractivity contribution in [1.29, 1.82) is 0 Å². The second-order valence-corrected chi connectivity index (χ2v) is 24.8. The maximum absolute atomic E-state index is 12.9. The summed E-state index contributed by atoms with van der Waals surface area (Å²) in [5.74, 6) is 0.0648. The highest BCUT2D eigenvalue weighted by atomic mass is 28.4. The molecule has 5 rings (SSSR count). The van der Waals surface area contributed by atoms with E-state index in [-0.39, 0.29) is 33.2 Å². The summed E-state index contributed by atoms with van der Waals surface area (Å²) in [4.78, 5) is 26.5. The van der Waals surface area contributed by atoms with Gasteiger partial charge < -0.3 is 23.3 Å². The largest absolute Gasteiger partial charge is 0.407 e. The molecule has 2 aliphatic rings. The van der Waals surface area contributed by atoms with Crippen molar-refractivity contribution in [3.8, 4) is 0 Å². The van der Waals surface area contributed by atoms with Crippen LogP contribution in [0.3, 0.4) is 0 Å². The lowest BCUT2D eigenvalue weighted by molar-refractivity contribution is -0.0795. The zero-order valence-electron chi connectivity index (χ0n) is 27.4. The zero-order chi connectivity index (χ0) is 31.6. The van der Waals surface area contributed by atoms with E-state index in [1.807, 2.05) is 22.8 Å². The van der Waals surface area contributed by atoms with E-state index >= 15 is 0 Å². The van der Waals surface area contributed by atoms with Gasteiger partial charge in [-0.25, -0.2) is 15.0 Å². The van der Waals surface area contributed by atoms with Crippen molar-refractivity contribution in [3.05, 3.63) is 48.5 Å². The molecule has 0 bridgehead atoms. The molecule has 2 aromatic heterocycles. The molecule has 1 N–H and O–H groups in total. The van der Waals surface area contributed by atoms with Gasteiger partial charge >= 0.3 is 8.56 Å². The summed E-state index contributed by atoms with van der Waals surface area (Å²) < 4.78 is 29.8. The van der Waals surface area contributed by atoms with Gasteiger partial charge in [-0.1, -0.05) is 80.5 Å². The number of carbonyl (C=O) groups is 1. The Morgan fingerprint density at radius 1 is 1.00 bits per heavy atom. The Labute approximate surface area is 257 Å². The van der Waals surface area contributed by atoms with Gasteiger partial charge in [0.05, 0.1) is 12.9 Å². The minimum Gasteiger partial charge on any atom is -0.407 e. The molecule has 43 heavy (non-hydrogen) atoms. The summed E-state index contributed by atoms with van der Waals surface area (Å²) in [6.07, 6.45) is 1.51. The maximum Gasteiger partial charge on any atom is 0.349 e. The summed E-state index contributed by atoms with van der Waals surface area (Å²) in [5, 5.41) is 2.50. The Morgan fingerprint density at radius 2 is 1.65 bits per heavy atom. The number of hydrogen-bond acceptors (Lipinski definition) is 8. The minimum atomic E-state index is -2.81. The van der Waals surface area contributed by atoms with Crippen LogP contribution in [0.2, 0.25) is 28.2 Å². The second kappa shape index (κ2) is 10.8. The summed E-state index contributed by atoms with van der Waals surface area (Å²) in [7, 11) is -5.09. The van der Waals surface area contributed by atoms with Gasteiger partial charge in [0.15, 0.2) is 31.5 Å². The lowest BCUT2D eigenvalue weighted by Gasteiger charge is -2.54. The molecule has 1 aromatic carbocycles. The summed E-state index contributed by atoms with van der Waals surface area (Å²) in [6, 6.07) is 9.02. The zero-order valence-corrected chi connectivity index (χ0v) is 29.4. The first-order valence-corrected chi connectivity index (χ1v) is 19.8. The number of rotatable bonds is 5. The van der Waals surface area contributed by atoms with Crippen LogP contribution in [0.4, 0.5) is 5.82 Å². The van der Waals surface area contributed by atoms with Gasteiger partial charge in [-0.15, -0.1) is 0 Å². The van der Waals surface area contributed by atoms with Crippen molar-refractivity contribution in [1.82, 2.24) is 19.5 Å².